The number of hydrogen-bond donors (Lipinski definition) is 0. The molecule has 1 aromatic carbocycles. The van der Waals surface area contributed by atoms with Gasteiger partial charge in [-0.1, -0.05) is 19.3 Å². The fourth-order valence-electron chi connectivity index (χ4n) is 2.89. The maximum Gasteiger partial charge on any atom is 0.119 e. The third-order valence-corrected chi connectivity index (χ3v) is 4.02. The molecular formula is C16H25NO. The summed E-state index contributed by atoms with van der Waals surface area (Å²) in [5.41, 5.74) is 1.32. The zero-order valence-electron chi connectivity index (χ0n) is 11.7. The van der Waals surface area contributed by atoms with E-state index in [9.17, 15) is 0 Å². The zero-order valence-corrected chi connectivity index (χ0v) is 11.7. The number of nitrogens with zero attached hydrogens (tertiary/aromatic N) is 1. The molecule has 1 saturated carbocycles. The lowest BCUT2D eigenvalue weighted by molar-refractivity contribution is 0.359. The lowest BCUT2D eigenvalue weighted by atomic mass is 9.89. The van der Waals surface area contributed by atoms with Crippen LogP contribution < -0.4 is 9.64 Å². The molecule has 1 aliphatic rings. The number of anilines is 1. The summed E-state index contributed by atoms with van der Waals surface area (Å²) in [6.45, 7) is 4.54. The molecule has 1 fully saturated rings. The first-order valence-electron chi connectivity index (χ1n) is 7.22. The van der Waals surface area contributed by atoms with Gasteiger partial charge in [0.1, 0.15) is 5.75 Å². The standard InChI is InChI=1S/C16H25NO/c1-3-17(13-14-7-5-4-6-8-14)15-9-11-16(18-2)12-10-15/h9-12,14H,3-8,13H2,1-2H3. The molecular weight excluding hydrogens is 222 g/mol. The van der Waals surface area contributed by atoms with Crippen molar-refractivity contribution in [2.24, 2.45) is 5.92 Å². The van der Waals surface area contributed by atoms with Gasteiger partial charge < -0.3 is 9.64 Å². The van der Waals surface area contributed by atoms with E-state index in [-0.39, 0.29) is 0 Å². The fraction of sp³-hybridized carbons (Fsp3) is 0.625. The third-order valence-electron chi connectivity index (χ3n) is 4.02. The summed E-state index contributed by atoms with van der Waals surface area (Å²) >= 11 is 0. The van der Waals surface area contributed by atoms with Gasteiger partial charge >= 0.3 is 0 Å². The quantitative estimate of drug-likeness (QED) is 0.776. The number of rotatable bonds is 5. The van der Waals surface area contributed by atoms with Gasteiger partial charge in [0, 0.05) is 18.8 Å². The Labute approximate surface area is 111 Å². The normalized spacial score (nSPS) is 16.6. The van der Waals surface area contributed by atoms with E-state index in [1.54, 1.807) is 7.11 Å². The molecule has 0 heterocycles. The van der Waals surface area contributed by atoms with Crippen LogP contribution in [0.2, 0.25) is 0 Å². The van der Waals surface area contributed by atoms with Crippen LogP contribution in [0, 0.1) is 5.92 Å². The van der Waals surface area contributed by atoms with Gasteiger partial charge in [0.2, 0.25) is 0 Å². The van der Waals surface area contributed by atoms with Gasteiger partial charge in [-0.2, -0.15) is 0 Å². The lowest BCUT2D eigenvalue weighted by Gasteiger charge is -2.30. The molecule has 100 valence electrons. The van der Waals surface area contributed by atoms with E-state index in [4.69, 9.17) is 4.74 Å². The van der Waals surface area contributed by atoms with E-state index in [1.807, 2.05) is 0 Å². The summed E-state index contributed by atoms with van der Waals surface area (Å²) in [4.78, 5) is 2.50. The molecule has 0 spiro atoms. The number of methoxy groups -OCH3 is 1. The molecule has 2 rings (SSSR count). The minimum Gasteiger partial charge on any atom is -0.497 e. The maximum absolute atomic E-state index is 5.21. The summed E-state index contributed by atoms with van der Waals surface area (Å²) in [6, 6.07) is 8.45. The van der Waals surface area contributed by atoms with Crippen molar-refractivity contribution in [2.75, 3.05) is 25.1 Å². The Kier molecular flexibility index (Phi) is 4.91. The Morgan fingerprint density at radius 3 is 2.33 bits per heavy atom. The smallest absolute Gasteiger partial charge is 0.119 e. The van der Waals surface area contributed by atoms with Gasteiger partial charge in [-0.15, -0.1) is 0 Å². The van der Waals surface area contributed by atoms with Crippen molar-refractivity contribution < 1.29 is 4.74 Å². The molecule has 0 aromatic heterocycles. The highest BCUT2D eigenvalue weighted by Crippen LogP contribution is 2.27. The number of benzene rings is 1. The highest BCUT2D eigenvalue weighted by atomic mass is 16.5. The van der Waals surface area contributed by atoms with Crippen LogP contribution in [0.15, 0.2) is 24.3 Å². The molecule has 0 N–H and O–H groups in total. The zero-order chi connectivity index (χ0) is 12.8. The molecule has 0 amide bonds. The second kappa shape index (κ2) is 6.67. The van der Waals surface area contributed by atoms with Crippen LogP contribution in [0.1, 0.15) is 39.0 Å². The first-order valence-corrected chi connectivity index (χ1v) is 7.22. The van der Waals surface area contributed by atoms with Gasteiger partial charge in [0.25, 0.3) is 0 Å². The second-order valence-electron chi connectivity index (χ2n) is 5.24. The molecule has 0 saturated heterocycles. The molecule has 2 nitrogen and oxygen atoms in total. The first-order chi connectivity index (χ1) is 8.83. The van der Waals surface area contributed by atoms with Crippen LogP contribution in [0.5, 0.6) is 5.75 Å². The van der Waals surface area contributed by atoms with E-state index in [1.165, 1.54) is 44.3 Å². The highest BCUT2D eigenvalue weighted by Gasteiger charge is 2.16. The van der Waals surface area contributed by atoms with Crippen molar-refractivity contribution in [3.8, 4) is 5.75 Å². The monoisotopic (exact) mass is 247 g/mol. The van der Waals surface area contributed by atoms with Crippen LogP contribution in [0.4, 0.5) is 5.69 Å². The van der Waals surface area contributed by atoms with Crippen molar-refractivity contribution in [1.29, 1.82) is 0 Å². The number of ether oxygens (including phenoxy) is 1. The van der Waals surface area contributed by atoms with Crippen molar-refractivity contribution in [1.82, 2.24) is 0 Å². The van der Waals surface area contributed by atoms with Gasteiger partial charge in [-0.25, -0.2) is 0 Å². The number of hydrogen-bond acceptors (Lipinski definition) is 2. The van der Waals surface area contributed by atoms with Crippen LogP contribution in [-0.4, -0.2) is 20.2 Å². The Morgan fingerprint density at radius 2 is 1.78 bits per heavy atom. The first kappa shape index (κ1) is 13.3. The molecule has 2 heteroatoms. The molecule has 0 radical (unpaired) electrons. The van der Waals surface area contributed by atoms with E-state index >= 15 is 0 Å². The van der Waals surface area contributed by atoms with Crippen molar-refractivity contribution in [3.05, 3.63) is 24.3 Å². The second-order valence-corrected chi connectivity index (χ2v) is 5.24. The Balaban J connectivity index is 1.97. The molecule has 1 aliphatic carbocycles. The molecule has 0 unspecified atom stereocenters. The minimum absolute atomic E-state index is 0.890. The largest absolute Gasteiger partial charge is 0.497 e. The van der Waals surface area contributed by atoms with Gasteiger partial charge in [-0.05, 0) is 49.9 Å². The van der Waals surface area contributed by atoms with E-state index in [0.29, 0.717) is 0 Å². The van der Waals surface area contributed by atoms with E-state index in [2.05, 4.69) is 36.1 Å². The van der Waals surface area contributed by atoms with Gasteiger partial charge in [0.05, 0.1) is 7.11 Å². The van der Waals surface area contributed by atoms with Crippen LogP contribution in [0.25, 0.3) is 0 Å². The van der Waals surface area contributed by atoms with Gasteiger partial charge in [-0.3, -0.25) is 0 Å². The highest BCUT2D eigenvalue weighted by molar-refractivity contribution is 5.49. The Hall–Kier alpha value is -1.18. The Bertz CT molecular complexity index is 341. The lowest BCUT2D eigenvalue weighted by Crippen LogP contribution is -2.30. The molecule has 1 aromatic rings. The average Bonchev–Trinajstić information content (AvgIpc) is 2.46. The summed E-state index contributed by atoms with van der Waals surface area (Å²) in [6.07, 6.45) is 7.10. The van der Waals surface area contributed by atoms with Crippen LogP contribution in [-0.2, 0) is 0 Å². The molecule has 0 atom stereocenters. The predicted octanol–water partition coefficient (Wildman–Crippen LogP) is 4.10. The summed E-state index contributed by atoms with van der Waals surface area (Å²) in [7, 11) is 1.72. The third kappa shape index (κ3) is 3.41. The SMILES string of the molecule is CCN(CC1CCCCC1)c1ccc(OC)cc1. The van der Waals surface area contributed by atoms with E-state index < -0.39 is 0 Å². The molecule has 0 bridgehead atoms. The fourth-order valence-corrected chi connectivity index (χ4v) is 2.89. The van der Waals surface area contributed by atoms with E-state index in [0.717, 1.165) is 18.2 Å². The minimum atomic E-state index is 0.890. The van der Waals surface area contributed by atoms with Crippen molar-refractivity contribution >= 4 is 5.69 Å². The predicted molar refractivity (Wildman–Crippen MR) is 77.5 cm³/mol. The summed E-state index contributed by atoms with van der Waals surface area (Å²) in [5, 5.41) is 0. The topological polar surface area (TPSA) is 12.5 Å². The van der Waals surface area contributed by atoms with Crippen LogP contribution >= 0.6 is 0 Å². The van der Waals surface area contributed by atoms with Crippen molar-refractivity contribution in [2.45, 2.75) is 39.0 Å². The summed E-state index contributed by atoms with van der Waals surface area (Å²) in [5.74, 6) is 1.83. The molecule has 18 heavy (non-hydrogen) atoms. The van der Waals surface area contributed by atoms with Crippen LogP contribution in [0.3, 0.4) is 0 Å². The maximum atomic E-state index is 5.21. The average molecular weight is 247 g/mol. The molecule has 0 aliphatic heterocycles. The van der Waals surface area contributed by atoms with Gasteiger partial charge in [0.15, 0.2) is 0 Å². The van der Waals surface area contributed by atoms with Crippen molar-refractivity contribution in [3.63, 3.8) is 0 Å². The Morgan fingerprint density at radius 1 is 1.11 bits per heavy atom. The summed E-state index contributed by atoms with van der Waals surface area (Å²) < 4.78 is 5.21.